The fourth-order valence-corrected chi connectivity index (χ4v) is 1.96. The quantitative estimate of drug-likeness (QED) is 0.909. The van der Waals surface area contributed by atoms with Crippen LogP contribution in [0.25, 0.3) is 11.3 Å². The third-order valence-electron chi connectivity index (χ3n) is 2.28. The normalized spacial score (nSPS) is 10.0. The van der Waals surface area contributed by atoms with Gasteiger partial charge in [0, 0.05) is 5.56 Å². The van der Waals surface area contributed by atoms with Gasteiger partial charge in [0.15, 0.2) is 5.69 Å². The summed E-state index contributed by atoms with van der Waals surface area (Å²) in [6, 6.07) is 5.38. The summed E-state index contributed by atoms with van der Waals surface area (Å²) in [7, 11) is 1.51. The van der Waals surface area contributed by atoms with Gasteiger partial charge in [-0.05, 0) is 12.1 Å². The van der Waals surface area contributed by atoms with E-state index < -0.39 is 0 Å². The molecule has 0 fully saturated rings. The number of nitrogens with one attached hydrogen (secondary N) is 1. The lowest BCUT2D eigenvalue weighted by Crippen LogP contribution is -1.89. The van der Waals surface area contributed by atoms with Crippen molar-refractivity contribution in [2.45, 2.75) is 0 Å². The Morgan fingerprint density at radius 3 is 2.76 bits per heavy atom. The zero-order valence-electron chi connectivity index (χ0n) is 8.79. The molecular formula is C11H7Cl2N3O. The van der Waals surface area contributed by atoms with Gasteiger partial charge < -0.3 is 9.72 Å². The fraction of sp³-hybridized carbons (Fsp3) is 0.0909. The predicted molar refractivity (Wildman–Crippen MR) is 65.3 cm³/mol. The van der Waals surface area contributed by atoms with Crippen LogP contribution in [0.1, 0.15) is 5.69 Å². The van der Waals surface area contributed by atoms with Gasteiger partial charge in [-0.25, -0.2) is 4.98 Å². The number of H-pyrrole nitrogens is 1. The molecule has 0 aliphatic carbocycles. The van der Waals surface area contributed by atoms with Crippen molar-refractivity contribution in [2.75, 3.05) is 7.11 Å². The van der Waals surface area contributed by atoms with E-state index >= 15 is 0 Å². The molecular weight excluding hydrogens is 261 g/mol. The standard InChI is InChI=1S/C11H7Cl2N3O/c1-17-8-3-2-6(9(12)10(8)13)11-7(4-14)15-5-16-11/h2-3,5H,1H3,(H,15,16). The molecule has 0 aliphatic heterocycles. The highest BCUT2D eigenvalue weighted by molar-refractivity contribution is 6.44. The first-order chi connectivity index (χ1) is 8.19. The summed E-state index contributed by atoms with van der Waals surface area (Å²) in [6.45, 7) is 0. The molecule has 0 saturated heterocycles. The number of imidazole rings is 1. The molecule has 0 amide bonds. The lowest BCUT2D eigenvalue weighted by Gasteiger charge is -2.08. The second-order valence-corrected chi connectivity index (χ2v) is 3.94. The van der Waals surface area contributed by atoms with Crippen LogP contribution in [0.5, 0.6) is 5.75 Å². The van der Waals surface area contributed by atoms with Crippen LogP contribution in [-0.2, 0) is 0 Å². The van der Waals surface area contributed by atoms with Crippen molar-refractivity contribution in [3.63, 3.8) is 0 Å². The maximum atomic E-state index is 8.90. The number of rotatable bonds is 2. The van der Waals surface area contributed by atoms with Crippen molar-refractivity contribution in [3.8, 4) is 23.1 Å². The van der Waals surface area contributed by atoms with E-state index in [2.05, 4.69) is 9.97 Å². The molecule has 0 bridgehead atoms. The van der Waals surface area contributed by atoms with Gasteiger partial charge >= 0.3 is 0 Å². The number of benzene rings is 1. The molecule has 0 unspecified atom stereocenters. The van der Waals surface area contributed by atoms with Crippen molar-refractivity contribution in [2.24, 2.45) is 0 Å². The Bertz CT molecular complexity index is 601. The van der Waals surface area contributed by atoms with E-state index in [-0.39, 0.29) is 5.69 Å². The molecule has 1 heterocycles. The summed E-state index contributed by atoms with van der Waals surface area (Å²) in [4.78, 5) is 6.74. The van der Waals surface area contributed by atoms with Gasteiger partial charge in [-0.3, -0.25) is 0 Å². The summed E-state index contributed by atoms with van der Waals surface area (Å²) < 4.78 is 5.05. The fourth-order valence-electron chi connectivity index (χ4n) is 1.47. The first-order valence-electron chi connectivity index (χ1n) is 4.65. The van der Waals surface area contributed by atoms with Gasteiger partial charge in [0.2, 0.25) is 0 Å². The summed E-state index contributed by atoms with van der Waals surface area (Å²) in [5, 5.41) is 9.53. The average Bonchev–Trinajstić information content (AvgIpc) is 2.80. The van der Waals surface area contributed by atoms with Crippen LogP contribution in [0.2, 0.25) is 10.0 Å². The molecule has 6 heteroatoms. The Balaban J connectivity index is 2.62. The van der Waals surface area contributed by atoms with Crippen molar-refractivity contribution in [3.05, 3.63) is 34.2 Å². The smallest absolute Gasteiger partial charge is 0.166 e. The van der Waals surface area contributed by atoms with E-state index in [1.54, 1.807) is 12.1 Å². The highest BCUT2D eigenvalue weighted by Gasteiger charge is 2.15. The third-order valence-corrected chi connectivity index (χ3v) is 3.15. The molecule has 0 atom stereocenters. The molecule has 1 N–H and O–H groups in total. The van der Waals surface area contributed by atoms with E-state index in [4.69, 9.17) is 33.2 Å². The van der Waals surface area contributed by atoms with E-state index in [1.807, 2.05) is 6.07 Å². The maximum Gasteiger partial charge on any atom is 0.166 e. The molecule has 0 radical (unpaired) electrons. The number of ether oxygens (including phenoxy) is 1. The minimum absolute atomic E-state index is 0.271. The molecule has 86 valence electrons. The molecule has 1 aromatic heterocycles. The maximum absolute atomic E-state index is 8.90. The lowest BCUT2D eigenvalue weighted by molar-refractivity contribution is 0.415. The topological polar surface area (TPSA) is 61.7 Å². The van der Waals surface area contributed by atoms with Gasteiger partial charge in [0.05, 0.1) is 24.2 Å². The molecule has 4 nitrogen and oxygen atoms in total. The number of aromatic amines is 1. The van der Waals surface area contributed by atoms with Gasteiger partial charge in [-0.15, -0.1) is 0 Å². The lowest BCUT2D eigenvalue weighted by atomic mass is 10.1. The number of nitrogens with zero attached hydrogens (tertiary/aromatic N) is 2. The molecule has 0 saturated carbocycles. The first-order valence-corrected chi connectivity index (χ1v) is 5.40. The van der Waals surface area contributed by atoms with Gasteiger partial charge in [0.1, 0.15) is 16.8 Å². The zero-order chi connectivity index (χ0) is 12.4. The van der Waals surface area contributed by atoms with Crippen LogP contribution in [0, 0.1) is 11.3 Å². The third kappa shape index (κ3) is 1.95. The van der Waals surface area contributed by atoms with E-state index in [9.17, 15) is 0 Å². The van der Waals surface area contributed by atoms with Gasteiger partial charge in [-0.1, -0.05) is 23.2 Å². The van der Waals surface area contributed by atoms with Crippen LogP contribution in [-0.4, -0.2) is 17.1 Å². The minimum atomic E-state index is 0.271. The van der Waals surface area contributed by atoms with Gasteiger partial charge in [0.25, 0.3) is 0 Å². The predicted octanol–water partition coefficient (Wildman–Crippen LogP) is 3.26. The van der Waals surface area contributed by atoms with Crippen LogP contribution < -0.4 is 4.74 Å². The van der Waals surface area contributed by atoms with E-state index in [0.29, 0.717) is 27.1 Å². The van der Waals surface area contributed by atoms with Crippen LogP contribution in [0.15, 0.2) is 18.5 Å². The average molecular weight is 268 g/mol. The summed E-state index contributed by atoms with van der Waals surface area (Å²) in [6.07, 6.45) is 1.43. The Kier molecular flexibility index (Phi) is 3.23. The Morgan fingerprint density at radius 1 is 1.35 bits per heavy atom. The van der Waals surface area contributed by atoms with E-state index in [1.165, 1.54) is 13.4 Å². The van der Waals surface area contributed by atoms with Crippen molar-refractivity contribution < 1.29 is 4.74 Å². The highest BCUT2D eigenvalue weighted by atomic mass is 35.5. The summed E-state index contributed by atoms with van der Waals surface area (Å²) >= 11 is 12.2. The molecule has 1 aromatic carbocycles. The highest BCUT2D eigenvalue weighted by Crippen LogP contribution is 2.39. The Morgan fingerprint density at radius 2 is 2.12 bits per heavy atom. The molecule has 17 heavy (non-hydrogen) atoms. The number of methoxy groups -OCH3 is 1. The molecule has 2 aromatic rings. The molecule has 0 aliphatic rings. The van der Waals surface area contributed by atoms with Crippen LogP contribution >= 0.6 is 23.2 Å². The van der Waals surface area contributed by atoms with Gasteiger partial charge in [-0.2, -0.15) is 5.26 Å². The van der Waals surface area contributed by atoms with Crippen molar-refractivity contribution >= 4 is 23.2 Å². The second kappa shape index (κ2) is 4.66. The van der Waals surface area contributed by atoms with Crippen molar-refractivity contribution in [1.29, 1.82) is 5.26 Å². The van der Waals surface area contributed by atoms with Crippen LogP contribution in [0.4, 0.5) is 0 Å². The summed E-state index contributed by atoms with van der Waals surface area (Å²) in [5.74, 6) is 0.485. The Hall–Kier alpha value is -1.70. The number of nitriles is 1. The molecule has 2 rings (SSSR count). The number of halogens is 2. The largest absolute Gasteiger partial charge is 0.495 e. The first kappa shape index (κ1) is 11.8. The SMILES string of the molecule is COc1ccc(-c2[nH]cnc2C#N)c(Cl)c1Cl. The van der Waals surface area contributed by atoms with Crippen molar-refractivity contribution in [1.82, 2.24) is 9.97 Å². The Labute approximate surface area is 108 Å². The number of aromatic nitrogens is 2. The van der Waals surface area contributed by atoms with Crippen LogP contribution in [0.3, 0.4) is 0 Å². The monoisotopic (exact) mass is 267 g/mol. The second-order valence-electron chi connectivity index (χ2n) is 3.18. The number of hydrogen-bond acceptors (Lipinski definition) is 3. The summed E-state index contributed by atoms with van der Waals surface area (Å²) in [5.41, 5.74) is 1.43. The minimum Gasteiger partial charge on any atom is -0.495 e. The number of hydrogen-bond donors (Lipinski definition) is 1. The zero-order valence-corrected chi connectivity index (χ0v) is 10.3. The van der Waals surface area contributed by atoms with E-state index in [0.717, 1.165) is 0 Å². The molecule has 0 spiro atoms.